The number of amides is 2. The zero-order valence-corrected chi connectivity index (χ0v) is 23.6. The Labute approximate surface area is 232 Å². The maximum absolute atomic E-state index is 13.1. The standard InChI is InChI=1S/C33H41N3O3/c1-5-18-33(19-6-2,31(34)37)29-22-36(21-24-10-8-7-9-11-24)30-17-16-27(20-28(29)30)39-32(38)35-26-14-12-25(13-15-26)23(3)4/h7-17,20,23,29H,5-6,18-19,21-22H2,1-4H3,(H2,34,37)(H,35,38). The average Bonchev–Trinajstić information content (AvgIpc) is 3.26. The predicted octanol–water partition coefficient (Wildman–Crippen LogP) is 7.60. The predicted molar refractivity (Wildman–Crippen MR) is 158 cm³/mol. The summed E-state index contributed by atoms with van der Waals surface area (Å²) in [5.74, 6) is 0.518. The van der Waals surface area contributed by atoms with E-state index in [4.69, 9.17) is 10.5 Å². The van der Waals surface area contributed by atoms with E-state index in [9.17, 15) is 9.59 Å². The first-order valence-corrected chi connectivity index (χ1v) is 14.1. The van der Waals surface area contributed by atoms with Crippen molar-refractivity contribution >= 4 is 23.4 Å². The number of anilines is 2. The first kappa shape index (κ1) is 28.2. The Morgan fingerprint density at radius 1 is 1.00 bits per heavy atom. The van der Waals surface area contributed by atoms with Crippen LogP contribution in [0.5, 0.6) is 5.75 Å². The van der Waals surface area contributed by atoms with E-state index >= 15 is 0 Å². The lowest BCUT2D eigenvalue weighted by Crippen LogP contribution is -2.43. The molecule has 3 aromatic carbocycles. The Morgan fingerprint density at radius 3 is 2.26 bits per heavy atom. The molecule has 3 aromatic rings. The van der Waals surface area contributed by atoms with Gasteiger partial charge in [-0.3, -0.25) is 10.1 Å². The van der Waals surface area contributed by atoms with Crippen LogP contribution in [0.2, 0.25) is 0 Å². The molecule has 0 aromatic heterocycles. The first-order chi connectivity index (χ1) is 18.8. The lowest BCUT2D eigenvalue weighted by atomic mass is 9.66. The molecule has 0 fully saturated rings. The van der Waals surface area contributed by atoms with Gasteiger partial charge in [0.2, 0.25) is 5.91 Å². The summed E-state index contributed by atoms with van der Waals surface area (Å²) < 4.78 is 5.73. The molecule has 1 atom stereocenters. The Bertz CT molecular complexity index is 1270. The molecule has 0 saturated heterocycles. The van der Waals surface area contributed by atoms with Gasteiger partial charge >= 0.3 is 6.09 Å². The van der Waals surface area contributed by atoms with Crippen molar-refractivity contribution in [2.75, 3.05) is 16.8 Å². The van der Waals surface area contributed by atoms with Crippen molar-refractivity contribution in [3.8, 4) is 5.75 Å². The van der Waals surface area contributed by atoms with E-state index in [1.807, 2.05) is 60.7 Å². The topological polar surface area (TPSA) is 84.7 Å². The second-order valence-electron chi connectivity index (χ2n) is 11.0. The van der Waals surface area contributed by atoms with Crippen molar-refractivity contribution in [1.82, 2.24) is 0 Å². The molecule has 0 saturated carbocycles. The Balaban J connectivity index is 1.63. The van der Waals surface area contributed by atoms with Crippen LogP contribution in [0, 0.1) is 5.41 Å². The van der Waals surface area contributed by atoms with Gasteiger partial charge in [-0.1, -0.05) is 83.0 Å². The summed E-state index contributed by atoms with van der Waals surface area (Å²) in [4.78, 5) is 28.2. The van der Waals surface area contributed by atoms with E-state index in [2.05, 4.69) is 50.0 Å². The number of benzene rings is 3. The van der Waals surface area contributed by atoms with Gasteiger partial charge in [0.05, 0.1) is 5.41 Å². The summed E-state index contributed by atoms with van der Waals surface area (Å²) in [7, 11) is 0. The number of nitrogens with zero attached hydrogens (tertiary/aromatic N) is 1. The van der Waals surface area contributed by atoms with Crippen LogP contribution < -0.4 is 20.7 Å². The molecule has 1 unspecified atom stereocenters. The number of hydrogen-bond acceptors (Lipinski definition) is 4. The highest BCUT2D eigenvalue weighted by Crippen LogP contribution is 2.52. The molecular weight excluding hydrogens is 486 g/mol. The van der Waals surface area contributed by atoms with E-state index in [-0.39, 0.29) is 11.8 Å². The number of nitrogens with two attached hydrogens (primary N) is 1. The number of primary amides is 1. The number of carbonyl (C=O) groups excluding carboxylic acids is 2. The zero-order valence-electron chi connectivity index (χ0n) is 23.6. The van der Waals surface area contributed by atoms with Crippen molar-refractivity contribution in [3.05, 3.63) is 89.5 Å². The lowest BCUT2D eigenvalue weighted by Gasteiger charge is -2.37. The molecular formula is C33H41N3O3. The summed E-state index contributed by atoms with van der Waals surface area (Å²) in [5, 5.41) is 2.82. The van der Waals surface area contributed by atoms with Crippen LogP contribution in [0.3, 0.4) is 0 Å². The number of hydrogen-bond donors (Lipinski definition) is 2. The van der Waals surface area contributed by atoms with Crippen molar-refractivity contribution in [2.24, 2.45) is 11.1 Å². The molecule has 4 rings (SSSR count). The van der Waals surface area contributed by atoms with Crippen molar-refractivity contribution in [2.45, 2.75) is 71.8 Å². The quantitative estimate of drug-likeness (QED) is 0.269. The maximum Gasteiger partial charge on any atom is 0.417 e. The minimum atomic E-state index is -0.664. The molecule has 0 spiro atoms. The van der Waals surface area contributed by atoms with Crippen LogP contribution in [0.15, 0.2) is 72.8 Å². The minimum absolute atomic E-state index is 0.0937. The summed E-state index contributed by atoms with van der Waals surface area (Å²) in [6.45, 7) is 9.88. The number of rotatable bonds is 11. The molecule has 6 heteroatoms. The lowest BCUT2D eigenvalue weighted by molar-refractivity contribution is -0.130. The SMILES string of the molecule is CCCC(CCC)(C(N)=O)C1CN(Cc2ccccc2)c2ccc(OC(=O)Nc3ccc(C(C)C)cc3)cc21. The van der Waals surface area contributed by atoms with Crippen LogP contribution >= 0.6 is 0 Å². The molecule has 3 N–H and O–H groups in total. The second-order valence-corrected chi connectivity index (χ2v) is 11.0. The fourth-order valence-corrected chi connectivity index (χ4v) is 5.99. The first-order valence-electron chi connectivity index (χ1n) is 14.1. The van der Waals surface area contributed by atoms with Crippen LogP contribution in [-0.2, 0) is 11.3 Å². The van der Waals surface area contributed by atoms with E-state index in [1.165, 1.54) is 11.1 Å². The highest BCUT2D eigenvalue weighted by Gasteiger charge is 2.48. The Kier molecular flexibility index (Phi) is 8.95. The van der Waals surface area contributed by atoms with E-state index in [0.29, 0.717) is 23.9 Å². The van der Waals surface area contributed by atoms with E-state index in [1.54, 1.807) is 0 Å². The van der Waals surface area contributed by atoms with E-state index in [0.717, 1.165) is 43.5 Å². The summed E-state index contributed by atoms with van der Waals surface area (Å²) >= 11 is 0. The summed E-state index contributed by atoms with van der Waals surface area (Å²) in [6.07, 6.45) is 2.61. The fraction of sp³-hybridized carbons (Fsp3) is 0.394. The van der Waals surface area contributed by atoms with Crippen molar-refractivity contribution in [1.29, 1.82) is 0 Å². The van der Waals surface area contributed by atoms with Crippen LogP contribution in [0.1, 0.15) is 81.9 Å². The highest BCUT2D eigenvalue weighted by atomic mass is 16.6. The Hall–Kier alpha value is -3.80. The second kappa shape index (κ2) is 12.4. The van der Waals surface area contributed by atoms with Gasteiger partial charge in [-0.15, -0.1) is 0 Å². The van der Waals surface area contributed by atoms with Crippen LogP contribution in [-0.4, -0.2) is 18.5 Å². The molecule has 1 aliphatic heterocycles. The Morgan fingerprint density at radius 2 is 1.67 bits per heavy atom. The highest BCUT2D eigenvalue weighted by molar-refractivity contribution is 5.87. The molecule has 1 aliphatic rings. The third-order valence-corrected chi connectivity index (χ3v) is 7.92. The van der Waals surface area contributed by atoms with Gasteiger partial charge in [-0.05, 0) is 65.8 Å². The minimum Gasteiger partial charge on any atom is -0.410 e. The molecule has 39 heavy (non-hydrogen) atoms. The van der Waals surface area contributed by atoms with Crippen LogP contribution in [0.4, 0.5) is 16.2 Å². The molecule has 6 nitrogen and oxygen atoms in total. The summed E-state index contributed by atoms with van der Waals surface area (Å²) in [5.41, 5.74) is 10.6. The molecule has 0 bridgehead atoms. The van der Waals surface area contributed by atoms with Gasteiger partial charge in [0.15, 0.2) is 0 Å². The molecule has 1 heterocycles. The van der Waals surface area contributed by atoms with Crippen molar-refractivity contribution < 1.29 is 14.3 Å². The number of carbonyl (C=O) groups is 2. The number of ether oxygens (including phenoxy) is 1. The normalized spacial score (nSPS) is 14.8. The molecule has 0 radical (unpaired) electrons. The monoisotopic (exact) mass is 527 g/mol. The zero-order chi connectivity index (χ0) is 28.0. The van der Waals surface area contributed by atoms with Crippen LogP contribution in [0.25, 0.3) is 0 Å². The van der Waals surface area contributed by atoms with Gasteiger partial charge in [0.1, 0.15) is 5.75 Å². The number of nitrogens with one attached hydrogen (secondary N) is 1. The van der Waals surface area contributed by atoms with E-state index < -0.39 is 11.5 Å². The largest absolute Gasteiger partial charge is 0.417 e. The smallest absolute Gasteiger partial charge is 0.410 e. The molecule has 2 amide bonds. The van der Waals surface area contributed by atoms with Gasteiger partial charge in [0.25, 0.3) is 0 Å². The third kappa shape index (κ3) is 6.27. The number of fused-ring (bicyclic) bond motifs is 1. The van der Waals surface area contributed by atoms with Gasteiger partial charge < -0.3 is 15.4 Å². The van der Waals surface area contributed by atoms with Gasteiger partial charge in [-0.2, -0.15) is 0 Å². The molecule has 0 aliphatic carbocycles. The van der Waals surface area contributed by atoms with Crippen molar-refractivity contribution in [3.63, 3.8) is 0 Å². The third-order valence-electron chi connectivity index (χ3n) is 7.92. The molecule has 206 valence electrons. The fourth-order valence-electron chi connectivity index (χ4n) is 5.99. The maximum atomic E-state index is 13.1. The average molecular weight is 528 g/mol. The van der Waals surface area contributed by atoms with Gasteiger partial charge in [-0.25, -0.2) is 4.79 Å². The van der Waals surface area contributed by atoms with Gasteiger partial charge in [0, 0.05) is 30.4 Å². The summed E-state index contributed by atoms with van der Waals surface area (Å²) in [6, 6.07) is 23.8.